The lowest BCUT2D eigenvalue weighted by Gasteiger charge is -2.21. The predicted octanol–water partition coefficient (Wildman–Crippen LogP) is 3.68. The van der Waals surface area contributed by atoms with Crippen LogP contribution in [0.5, 0.6) is 0 Å². The molecule has 0 spiro atoms. The Labute approximate surface area is 127 Å². The Morgan fingerprint density at radius 1 is 1.10 bits per heavy atom. The Kier molecular flexibility index (Phi) is 6.59. The van der Waals surface area contributed by atoms with E-state index in [2.05, 4.69) is 56.5 Å². The van der Waals surface area contributed by atoms with E-state index in [1.165, 1.54) is 5.75 Å². The van der Waals surface area contributed by atoms with Crippen LogP contribution in [-0.4, -0.2) is 35.1 Å². The summed E-state index contributed by atoms with van der Waals surface area (Å²) in [6, 6.07) is 0. The summed E-state index contributed by atoms with van der Waals surface area (Å²) >= 11 is 1.87. The minimum absolute atomic E-state index is 0.0480. The van der Waals surface area contributed by atoms with Crippen molar-refractivity contribution in [2.24, 2.45) is 0 Å². The molecule has 0 fully saturated rings. The van der Waals surface area contributed by atoms with Crippen LogP contribution >= 0.6 is 11.8 Å². The predicted molar refractivity (Wildman–Crippen MR) is 91.1 cm³/mol. The third-order valence-corrected chi connectivity index (χ3v) is 3.68. The molecule has 0 saturated heterocycles. The number of hydrogen-bond donors (Lipinski definition) is 2. The molecule has 1 heterocycles. The second-order valence-electron chi connectivity index (χ2n) is 5.92. The minimum Gasteiger partial charge on any atom is -0.370 e. The first-order valence-corrected chi connectivity index (χ1v) is 8.65. The fourth-order valence-electron chi connectivity index (χ4n) is 1.79. The number of anilines is 2. The highest BCUT2D eigenvalue weighted by Gasteiger charge is 2.20. The normalized spacial score (nSPS) is 11.5. The molecular formula is C15H28N4S. The van der Waals surface area contributed by atoms with E-state index in [1.807, 2.05) is 11.8 Å². The van der Waals surface area contributed by atoms with Crippen molar-refractivity contribution in [1.82, 2.24) is 9.97 Å². The molecular weight excluding hydrogens is 268 g/mol. The van der Waals surface area contributed by atoms with Crippen LogP contribution < -0.4 is 10.6 Å². The number of aromatic nitrogens is 2. The lowest BCUT2D eigenvalue weighted by molar-refractivity contribution is 0.546. The maximum absolute atomic E-state index is 4.72. The second kappa shape index (κ2) is 7.72. The molecule has 20 heavy (non-hydrogen) atoms. The molecule has 0 aliphatic heterocycles. The lowest BCUT2D eigenvalue weighted by Crippen LogP contribution is -2.20. The van der Waals surface area contributed by atoms with E-state index in [0.29, 0.717) is 0 Å². The molecule has 0 amide bonds. The highest BCUT2D eigenvalue weighted by atomic mass is 32.2. The Morgan fingerprint density at radius 3 is 2.20 bits per heavy atom. The summed E-state index contributed by atoms with van der Waals surface area (Å²) < 4.78 is 0. The molecule has 0 bridgehead atoms. The van der Waals surface area contributed by atoms with E-state index in [-0.39, 0.29) is 5.41 Å². The molecule has 0 aliphatic carbocycles. The molecule has 0 saturated carbocycles. The van der Waals surface area contributed by atoms with E-state index >= 15 is 0 Å². The summed E-state index contributed by atoms with van der Waals surface area (Å²) in [6.45, 7) is 12.4. The summed E-state index contributed by atoms with van der Waals surface area (Å²) in [4.78, 5) is 9.39. The topological polar surface area (TPSA) is 49.8 Å². The van der Waals surface area contributed by atoms with Crippen LogP contribution in [0.15, 0.2) is 0 Å². The molecule has 0 radical (unpaired) electrons. The number of rotatable bonds is 7. The quantitative estimate of drug-likeness (QED) is 0.752. The average molecular weight is 296 g/mol. The number of thioether (sulfide) groups is 1. The molecule has 0 aromatic carbocycles. The van der Waals surface area contributed by atoms with Gasteiger partial charge < -0.3 is 10.6 Å². The van der Waals surface area contributed by atoms with E-state index in [0.717, 1.165) is 42.5 Å². The molecule has 1 aromatic rings. The van der Waals surface area contributed by atoms with Gasteiger partial charge in [0.15, 0.2) is 0 Å². The van der Waals surface area contributed by atoms with Gasteiger partial charge in [-0.05, 0) is 32.3 Å². The Hall–Kier alpha value is -0.970. The van der Waals surface area contributed by atoms with Gasteiger partial charge in [-0.25, -0.2) is 9.97 Å². The molecule has 0 unspecified atom stereocenters. The van der Waals surface area contributed by atoms with Gasteiger partial charge in [-0.1, -0.05) is 20.8 Å². The Bertz CT molecular complexity index is 427. The van der Waals surface area contributed by atoms with Crippen molar-refractivity contribution in [3.63, 3.8) is 0 Å². The fraction of sp³-hybridized carbons (Fsp3) is 0.733. The van der Waals surface area contributed by atoms with Gasteiger partial charge in [-0.3, -0.25) is 0 Å². The van der Waals surface area contributed by atoms with Crippen molar-refractivity contribution in [3.8, 4) is 0 Å². The van der Waals surface area contributed by atoms with Crippen LogP contribution in [0.2, 0.25) is 0 Å². The summed E-state index contributed by atoms with van der Waals surface area (Å²) in [6.07, 6.45) is 3.28. The Morgan fingerprint density at radius 2 is 1.70 bits per heavy atom. The molecule has 1 aromatic heterocycles. The third-order valence-electron chi connectivity index (χ3n) is 2.98. The molecule has 0 atom stereocenters. The van der Waals surface area contributed by atoms with E-state index < -0.39 is 0 Å². The first-order valence-electron chi connectivity index (χ1n) is 7.26. The Balaban J connectivity index is 2.98. The zero-order valence-corrected chi connectivity index (χ0v) is 14.4. The van der Waals surface area contributed by atoms with Crippen LogP contribution in [0.3, 0.4) is 0 Å². The SMILES string of the molecule is CCNc1nc(C(C)(C)C)nc(NCCCSC)c1C. The largest absolute Gasteiger partial charge is 0.370 e. The van der Waals surface area contributed by atoms with Gasteiger partial charge in [0.2, 0.25) is 0 Å². The second-order valence-corrected chi connectivity index (χ2v) is 6.91. The van der Waals surface area contributed by atoms with Crippen molar-refractivity contribution in [2.75, 3.05) is 35.7 Å². The summed E-state index contributed by atoms with van der Waals surface area (Å²) in [7, 11) is 0. The van der Waals surface area contributed by atoms with Crippen molar-refractivity contribution in [3.05, 3.63) is 11.4 Å². The smallest absolute Gasteiger partial charge is 0.138 e. The van der Waals surface area contributed by atoms with Crippen molar-refractivity contribution in [1.29, 1.82) is 0 Å². The molecule has 2 N–H and O–H groups in total. The van der Waals surface area contributed by atoms with Crippen molar-refractivity contribution >= 4 is 23.4 Å². The highest BCUT2D eigenvalue weighted by Crippen LogP contribution is 2.26. The molecule has 0 aliphatic rings. The number of hydrogen-bond acceptors (Lipinski definition) is 5. The maximum Gasteiger partial charge on any atom is 0.138 e. The monoisotopic (exact) mass is 296 g/mol. The maximum atomic E-state index is 4.72. The van der Waals surface area contributed by atoms with Crippen LogP contribution in [-0.2, 0) is 5.41 Å². The van der Waals surface area contributed by atoms with Gasteiger partial charge in [0.05, 0.1) is 0 Å². The first kappa shape index (κ1) is 17.1. The standard InChI is InChI=1S/C15H28N4S/c1-7-16-12-11(2)13(17-9-8-10-20-6)19-14(18-12)15(3,4)5/h7-10H2,1-6H3,(H2,16,17,18,19). The number of nitrogens with zero attached hydrogens (tertiary/aromatic N) is 2. The zero-order chi connectivity index (χ0) is 15.2. The van der Waals surface area contributed by atoms with Crippen LogP contribution in [0, 0.1) is 6.92 Å². The fourth-order valence-corrected chi connectivity index (χ4v) is 2.22. The van der Waals surface area contributed by atoms with E-state index in [4.69, 9.17) is 4.98 Å². The number of nitrogens with one attached hydrogen (secondary N) is 2. The molecule has 4 nitrogen and oxygen atoms in total. The molecule has 114 valence electrons. The van der Waals surface area contributed by atoms with Gasteiger partial charge in [0.1, 0.15) is 17.5 Å². The van der Waals surface area contributed by atoms with E-state index in [9.17, 15) is 0 Å². The minimum atomic E-state index is -0.0480. The zero-order valence-electron chi connectivity index (χ0n) is 13.6. The lowest BCUT2D eigenvalue weighted by atomic mass is 9.95. The first-order chi connectivity index (χ1) is 9.40. The molecule has 5 heteroatoms. The van der Waals surface area contributed by atoms with Crippen LogP contribution in [0.25, 0.3) is 0 Å². The summed E-state index contributed by atoms with van der Waals surface area (Å²) in [5.74, 6) is 3.96. The summed E-state index contributed by atoms with van der Waals surface area (Å²) in [5, 5.41) is 6.79. The van der Waals surface area contributed by atoms with Gasteiger partial charge in [0.25, 0.3) is 0 Å². The van der Waals surface area contributed by atoms with E-state index in [1.54, 1.807) is 0 Å². The van der Waals surface area contributed by atoms with Gasteiger partial charge >= 0.3 is 0 Å². The van der Waals surface area contributed by atoms with Gasteiger partial charge in [-0.2, -0.15) is 11.8 Å². The third kappa shape index (κ3) is 4.85. The average Bonchev–Trinajstić information content (AvgIpc) is 2.37. The van der Waals surface area contributed by atoms with Gasteiger partial charge in [0, 0.05) is 24.1 Å². The highest BCUT2D eigenvalue weighted by molar-refractivity contribution is 7.98. The van der Waals surface area contributed by atoms with Crippen molar-refractivity contribution < 1.29 is 0 Å². The van der Waals surface area contributed by atoms with Gasteiger partial charge in [-0.15, -0.1) is 0 Å². The molecule has 1 rings (SSSR count). The van der Waals surface area contributed by atoms with Crippen LogP contribution in [0.4, 0.5) is 11.6 Å². The summed E-state index contributed by atoms with van der Waals surface area (Å²) in [5.41, 5.74) is 1.05. The van der Waals surface area contributed by atoms with Crippen molar-refractivity contribution in [2.45, 2.75) is 46.5 Å². The van der Waals surface area contributed by atoms with Crippen LogP contribution in [0.1, 0.15) is 45.5 Å².